The number of aromatic nitrogens is 2. The third-order valence-electron chi connectivity index (χ3n) is 2.95. The Morgan fingerprint density at radius 2 is 1.77 bits per heavy atom. The number of hydrogen-bond donors (Lipinski definition) is 2. The summed E-state index contributed by atoms with van der Waals surface area (Å²) in [4.78, 5) is 11.9. The van der Waals surface area contributed by atoms with E-state index < -0.39 is 5.56 Å². The molecular weight excluding hydrogens is 349 g/mol. The second kappa shape index (κ2) is 5.68. The van der Waals surface area contributed by atoms with E-state index in [9.17, 15) is 4.79 Å². The summed E-state index contributed by atoms with van der Waals surface area (Å²) in [5, 5.41) is 7.68. The zero-order valence-corrected chi connectivity index (χ0v) is 13.1. The number of nitrogens with one attached hydrogen (secondary N) is 1. The molecular formula is C14H8Cl3N3O2. The first-order chi connectivity index (χ1) is 10.5. The molecule has 22 heavy (non-hydrogen) atoms. The van der Waals surface area contributed by atoms with Crippen molar-refractivity contribution in [3.63, 3.8) is 0 Å². The van der Waals surface area contributed by atoms with Gasteiger partial charge in [0.15, 0.2) is 5.75 Å². The molecule has 3 aromatic rings. The normalized spacial score (nSPS) is 10.9. The molecule has 0 aliphatic heterocycles. The Hall–Kier alpha value is -1.95. The Morgan fingerprint density at radius 3 is 2.45 bits per heavy atom. The van der Waals surface area contributed by atoms with Crippen molar-refractivity contribution in [2.45, 2.75) is 0 Å². The van der Waals surface area contributed by atoms with E-state index in [-0.39, 0.29) is 27.1 Å². The summed E-state index contributed by atoms with van der Waals surface area (Å²) in [5.74, 6) is 0.323. The molecule has 5 nitrogen and oxygen atoms in total. The lowest BCUT2D eigenvalue weighted by Gasteiger charge is -2.11. The first-order valence-electron chi connectivity index (χ1n) is 6.06. The van der Waals surface area contributed by atoms with Gasteiger partial charge in [0, 0.05) is 5.69 Å². The largest absolute Gasteiger partial charge is 0.434 e. The molecule has 0 spiro atoms. The van der Waals surface area contributed by atoms with Crippen LogP contribution in [0.3, 0.4) is 0 Å². The van der Waals surface area contributed by atoms with Crippen LogP contribution < -0.4 is 16.0 Å². The van der Waals surface area contributed by atoms with E-state index in [1.807, 2.05) is 0 Å². The number of hydrogen-bond acceptors (Lipinski definition) is 4. The van der Waals surface area contributed by atoms with Gasteiger partial charge in [-0.3, -0.25) is 4.79 Å². The minimum absolute atomic E-state index is 0.130. The smallest absolute Gasteiger partial charge is 0.273 e. The number of H-pyrrole nitrogens is 1. The van der Waals surface area contributed by atoms with Crippen LogP contribution in [0.2, 0.25) is 15.1 Å². The number of ether oxygens (including phenoxy) is 1. The molecule has 1 heterocycles. The number of fused-ring (bicyclic) bond motifs is 1. The lowest BCUT2D eigenvalue weighted by atomic mass is 10.2. The Balaban J connectivity index is 2.19. The van der Waals surface area contributed by atoms with Crippen LogP contribution in [0.15, 0.2) is 35.1 Å². The van der Waals surface area contributed by atoms with Gasteiger partial charge in [0.2, 0.25) is 5.88 Å². The highest BCUT2D eigenvalue weighted by molar-refractivity contribution is 6.37. The molecule has 0 radical (unpaired) electrons. The Bertz CT molecular complexity index is 917. The van der Waals surface area contributed by atoms with Gasteiger partial charge < -0.3 is 10.5 Å². The van der Waals surface area contributed by atoms with Gasteiger partial charge in [0.1, 0.15) is 0 Å². The second-order valence-corrected chi connectivity index (χ2v) is 5.66. The van der Waals surface area contributed by atoms with Gasteiger partial charge in [-0.15, -0.1) is 5.10 Å². The predicted molar refractivity (Wildman–Crippen MR) is 88.3 cm³/mol. The maximum absolute atomic E-state index is 11.9. The lowest BCUT2D eigenvalue weighted by Crippen LogP contribution is -2.10. The topological polar surface area (TPSA) is 81.0 Å². The van der Waals surface area contributed by atoms with Crippen molar-refractivity contribution in [2.75, 3.05) is 5.73 Å². The molecule has 112 valence electrons. The van der Waals surface area contributed by atoms with Gasteiger partial charge in [-0.25, -0.2) is 5.10 Å². The average Bonchev–Trinajstić information content (AvgIpc) is 2.45. The number of rotatable bonds is 2. The van der Waals surface area contributed by atoms with Crippen molar-refractivity contribution in [1.82, 2.24) is 10.2 Å². The summed E-state index contributed by atoms with van der Waals surface area (Å²) in [7, 11) is 0. The van der Waals surface area contributed by atoms with Crippen molar-refractivity contribution in [1.29, 1.82) is 0 Å². The number of halogens is 3. The highest BCUT2D eigenvalue weighted by Gasteiger charge is 2.15. The molecule has 1 aromatic heterocycles. The molecule has 3 N–H and O–H groups in total. The van der Waals surface area contributed by atoms with Gasteiger partial charge >= 0.3 is 0 Å². The molecule has 8 heteroatoms. The van der Waals surface area contributed by atoms with Gasteiger partial charge in [-0.05, 0) is 24.3 Å². The van der Waals surface area contributed by atoms with E-state index >= 15 is 0 Å². The van der Waals surface area contributed by atoms with Crippen molar-refractivity contribution < 1.29 is 4.74 Å². The van der Waals surface area contributed by atoms with Crippen molar-refractivity contribution in [3.05, 3.63) is 55.8 Å². The van der Waals surface area contributed by atoms with Crippen molar-refractivity contribution >= 4 is 51.3 Å². The zero-order chi connectivity index (χ0) is 15.9. The highest BCUT2D eigenvalue weighted by atomic mass is 35.5. The quantitative estimate of drug-likeness (QED) is 0.672. The standard InChI is InChI=1S/C14H8Cl3N3O2/c15-8-3-1-2-7-11(8)13(21)19-20-14(7)22-12-9(16)4-6(18)5-10(12)17/h1-5H,18H2,(H,19,21). The fraction of sp³-hybridized carbons (Fsp3) is 0. The number of nitrogen functional groups attached to an aromatic ring is 1. The third-order valence-corrected chi connectivity index (χ3v) is 3.83. The van der Waals surface area contributed by atoms with E-state index in [1.165, 1.54) is 12.1 Å². The Labute approximate surface area is 139 Å². The molecule has 0 fully saturated rings. The molecule has 3 rings (SSSR count). The van der Waals surface area contributed by atoms with Crippen LogP contribution in [-0.2, 0) is 0 Å². The van der Waals surface area contributed by atoms with Crippen LogP contribution in [0.4, 0.5) is 5.69 Å². The fourth-order valence-electron chi connectivity index (χ4n) is 2.00. The first-order valence-corrected chi connectivity index (χ1v) is 7.20. The summed E-state index contributed by atoms with van der Waals surface area (Å²) >= 11 is 18.2. The maximum atomic E-state index is 11.9. The SMILES string of the molecule is Nc1cc(Cl)c(Oc2n[nH]c(=O)c3c(Cl)cccc23)c(Cl)c1. The predicted octanol–water partition coefficient (Wildman–Crippen LogP) is 4.26. The fourth-order valence-corrected chi connectivity index (χ4v) is 2.84. The molecule has 0 aliphatic carbocycles. The van der Waals surface area contributed by atoms with Crippen LogP contribution >= 0.6 is 34.8 Å². The number of anilines is 1. The highest BCUT2D eigenvalue weighted by Crippen LogP contribution is 2.39. The molecule has 0 bridgehead atoms. The number of aromatic amines is 1. The minimum atomic E-state index is -0.414. The van der Waals surface area contributed by atoms with Crippen LogP contribution in [0.1, 0.15) is 0 Å². The number of nitrogens with two attached hydrogens (primary N) is 1. The maximum Gasteiger partial charge on any atom is 0.273 e. The Morgan fingerprint density at radius 1 is 1.09 bits per heavy atom. The molecule has 2 aromatic carbocycles. The summed E-state index contributed by atoms with van der Waals surface area (Å²) in [5.41, 5.74) is 5.64. The third kappa shape index (κ3) is 2.59. The van der Waals surface area contributed by atoms with Crippen molar-refractivity contribution in [2.24, 2.45) is 0 Å². The molecule has 0 saturated carbocycles. The van der Waals surface area contributed by atoms with Crippen LogP contribution in [0.25, 0.3) is 10.8 Å². The first kappa shape index (κ1) is 15.0. The van der Waals surface area contributed by atoms with Gasteiger partial charge in [-0.1, -0.05) is 40.9 Å². The number of nitrogens with zero attached hydrogens (tertiary/aromatic N) is 1. The van der Waals surface area contributed by atoms with Gasteiger partial charge in [0.05, 0.1) is 25.8 Å². The molecule has 0 amide bonds. The van der Waals surface area contributed by atoms with E-state index in [4.69, 9.17) is 45.3 Å². The van der Waals surface area contributed by atoms with Crippen LogP contribution in [0.5, 0.6) is 11.6 Å². The van der Waals surface area contributed by atoms with Gasteiger partial charge in [0.25, 0.3) is 5.56 Å². The summed E-state index contributed by atoms with van der Waals surface area (Å²) in [6, 6.07) is 7.96. The van der Waals surface area contributed by atoms with Crippen molar-refractivity contribution in [3.8, 4) is 11.6 Å². The van der Waals surface area contributed by atoms with Crippen LogP contribution in [0, 0.1) is 0 Å². The Kier molecular flexibility index (Phi) is 3.87. The second-order valence-electron chi connectivity index (χ2n) is 4.44. The van der Waals surface area contributed by atoms with Crippen LogP contribution in [-0.4, -0.2) is 10.2 Å². The van der Waals surface area contributed by atoms with E-state index in [0.29, 0.717) is 16.1 Å². The minimum Gasteiger partial charge on any atom is -0.434 e. The lowest BCUT2D eigenvalue weighted by molar-refractivity contribution is 0.461. The summed E-state index contributed by atoms with van der Waals surface area (Å²) in [6.45, 7) is 0. The monoisotopic (exact) mass is 355 g/mol. The van der Waals surface area contributed by atoms with Gasteiger partial charge in [-0.2, -0.15) is 0 Å². The summed E-state index contributed by atoms with van der Waals surface area (Å²) < 4.78 is 5.66. The van der Waals surface area contributed by atoms with E-state index in [0.717, 1.165) is 0 Å². The average molecular weight is 357 g/mol. The molecule has 0 aliphatic rings. The summed E-state index contributed by atoms with van der Waals surface area (Å²) in [6.07, 6.45) is 0. The van der Waals surface area contributed by atoms with E-state index in [2.05, 4.69) is 10.2 Å². The molecule has 0 saturated heterocycles. The zero-order valence-electron chi connectivity index (χ0n) is 10.9. The van der Waals surface area contributed by atoms with E-state index in [1.54, 1.807) is 18.2 Å². The molecule has 0 atom stereocenters. The molecule has 0 unspecified atom stereocenters. The number of benzene rings is 2.